The predicted molar refractivity (Wildman–Crippen MR) is 72.9 cm³/mol. The Morgan fingerprint density at radius 1 is 1.18 bits per heavy atom. The Balaban J connectivity index is 1.95. The Bertz CT molecular complexity index is 654. The van der Waals surface area contributed by atoms with E-state index in [1.54, 1.807) is 19.1 Å². The Hall–Kier alpha value is -1.54. The molecule has 0 heterocycles. The Kier molecular flexibility index (Phi) is 4.53. The van der Waals surface area contributed by atoms with E-state index < -0.39 is 47.1 Å². The number of benzene rings is 1. The normalized spacial score (nSPS) is 23.1. The quantitative estimate of drug-likeness (QED) is 0.589. The maximum Gasteiger partial charge on any atom is 0.302 e. The maximum atomic E-state index is 13.5. The van der Waals surface area contributed by atoms with Gasteiger partial charge in [-0.25, -0.2) is 8.78 Å². The van der Waals surface area contributed by atoms with E-state index >= 15 is 0 Å². The van der Waals surface area contributed by atoms with Gasteiger partial charge in [-0.15, -0.1) is 0 Å². The van der Waals surface area contributed by atoms with Crippen LogP contribution in [0.4, 0.5) is 8.78 Å². The molecule has 22 heavy (non-hydrogen) atoms. The van der Waals surface area contributed by atoms with Gasteiger partial charge in [-0.3, -0.25) is 8.98 Å². The van der Waals surface area contributed by atoms with Gasteiger partial charge in [-0.2, -0.15) is 8.42 Å². The number of aryl methyl sites for hydroxylation is 1. The molecular formula is C14H16F2O5S. The van der Waals surface area contributed by atoms with Crippen LogP contribution in [0.3, 0.4) is 0 Å². The molecule has 0 aromatic heterocycles. The smallest absolute Gasteiger partial charge is 0.302 e. The van der Waals surface area contributed by atoms with Crippen molar-refractivity contribution < 1.29 is 30.9 Å². The molecule has 122 valence electrons. The van der Waals surface area contributed by atoms with Crippen LogP contribution in [0.1, 0.15) is 12.5 Å². The minimum atomic E-state index is -4.08. The Labute approximate surface area is 127 Å². The number of carbonyl (C=O) groups excluding carboxylic acids is 1. The molecular weight excluding hydrogens is 318 g/mol. The first kappa shape index (κ1) is 16.8. The molecule has 0 amide bonds. The number of halogens is 2. The minimum absolute atomic E-state index is 0.0846. The van der Waals surface area contributed by atoms with E-state index in [1.807, 2.05) is 0 Å². The lowest BCUT2D eigenvalue weighted by atomic mass is 10.2. The molecule has 8 heteroatoms. The largest absolute Gasteiger partial charge is 0.465 e. The van der Waals surface area contributed by atoms with E-state index in [2.05, 4.69) is 4.74 Å². The van der Waals surface area contributed by atoms with Crippen molar-refractivity contribution in [3.8, 4) is 0 Å². The van der Waals surface area contributed by atoms with Crippen molar-refractivity contribution in [1.82, 2.24) is 0 Å². The average molecular weight is 334 g/mol. The van der Waals surface area contributed by atoms with Crippen molar-refractivity contribution in [3.05, 3.63) is 29.8 Å². The second kappa shape index (κ2) is 5.92. The lowest BCUT2D eigenvalue weighted by Gasteiger charge is -2.05. The third-order valence-corrected chi connectivity index (χ3v) is 4.84. The van der Waals surface area contributed by atoms with Gasteiger partial charge in [0, 0.05) is 6.92 Å². The van der Waals surface area contributed by atoms with Gasteiger partial charge in [0.2, 0.25) is 0 Å². The van der Waals surface area contributed by atoms with Gasteiger partial charge >= 0.3 is 5.97 Å². The summed E-state index contributed by atoms with van der Waals surface area (Å²) in [6.45, 7) is 1.82. The van der Waals surface area contributed by atoms with Crippen molar-refractivity contribution in [2.75, 3.05) is 13.2 Å². The maximum absolute atomic E-state index is 13.5. The molecule has 1 aliphatic carbocycles. The van der Waals surface area contributed by atoms with Crippen molar-refractivity contribution in [1.29, 1.82) is 0 Å². The first-order chi connectivity index (χ1) is 10.1. The molecule has 5 nitrogen and oxygen atoms in total. The highest BCUT2D eigenvalue weighted by molar-refractivity contribution is 7.86. The summed E-state index contributed by atoms with van der Waals surface area (Å²) in [5.74, 6) is -6.22. The van der Waals surface area contributed by atoms with Crippen LogP contribution in [-0.4, -0.2) is 33.5 Å². The van der Waals surface area contributed by atoms with E-state index in [1.165, 1.54) is 12.1 Å². The van der Waals surface area contributed by atoms with E-state index in [0.717, 1.165) is 12.5 Å². The molecule has 1 aliphatic rings. The number of esters is 1. The van der Waals surface area contributed by atoms with E-state index in [9.17, 15) is 22.0 Å². The molecule has 2 atom stereocenters. The lowest BCUT2D eigenvalue weighted by molar-refractivity contribution is -0.142. The molecule has 0 aliphatic heterocycles. The number of rotatable bonds is 6. The van der Waals surface area contributed by atoms with Crippen LogP contribution < -0.4 is 0 Å². The van der Waals surface area contributed by atoms with Crippen LogP contribution in [0.25, 0.3) is 0 Å². The zero-order valence-electron chi connectivity index (χ0n) is 12.1. The zero-order valence-corrected chi connectivity index (χ0v) is 12.9. The first-order valence-electron chi connectivity index (χ1n) is 6.62. The van der Waals surface area contributed by atoms with Crippen molar-refractivity contribution in [2.45, 2.75) is 24.7 Å². The van der Waals surface area contributed by atoms with E-state index in [4.69, 9.17) is 4.18 Å². The highest BCUT2D eigenvalue weighted by Gasteiger charge is 2.68. The summed E-state index contributed by atoms with van der Waals surface area (Å²) >= 11 is 0. The van der Waals surface area contributed by atoms with Crippen LogP contribution in [0.5, 0.6) is 0 Å². The fraction of sp³-hybridized carbons (Fsp3) is 0.500. The molecule has 0 unspecified atom stereocenters. The molecule has 1 aromatic carbocycles. The molecule has 0 bridgehead atoms. The molecule has 0 N–H and O–H groups in total. The van der Waals surface area contributed by atoms with Crippen molar-refractivity contribution >= 4 is 16.1 Å². The summed E-state index contributed by atoms with van der Waals surface area (Å²) in [5, 5.41) is 0. The van der Waals surface area contributed by atoms with Gasteiger partial charge in [0.25, 0.3) is 16.0 Å². The van der Waals surface area contributed by atoms with Gasteiger partial charge in [-0.1, -0.05) is 17.7 Å². The first-order valence-corrected chi connectivity index (χ1v) is 8.02. The van der Waals surface area contributed by atoms with Crippen LogP contribution >= 0.6 is 0 Å². The Morgan fingerprint density at radius 2 is 1.73 bits per heavy atom. The SMILES string of the molecule is CC(=O)OC[C@@H]1[C@H](COS(=O)(=O)c2ccc(C)cc2)C1(F)F. The summed E-state index contributed by atoms with van der Waals surface area (Å²) < 4.78 is 60.0. The van der Waals surface area contributed by atoms with Gasteiger partial charge in [-0.05, 0) is 19.1 Å². The fourth-order valence-corrected chi connectivity index (χ4v) is 2.99. The van der Waals surface area contributed by atoms with Gasteiger partial charge < -0.3 is 4.74 Å². The molecule has 2 rings (SSSR count). The summed E-state index contributed by atoms with van der Waals surface area (Å²) in [7, 11) is -4.08. The Morgan fingerprint density at radius 3 is 2.27 bits per heavy atom. The monoisotopic (exact) mass is 334 g/mol. The van der Waals surface area contributed by atoms with Crippen molar-refractivity contribution in [2.24, 2.45) is 11.8 Å². The average Bonchev–Trinajstić information content (AvgIpc) is 2.95. The van der Waals surface area contributed by atoms with Crippen LogP contribution in [-0.2, 0) is 23.8 Å². The summed E-state index contributed by atoms with van der Waals surface area (Å²) in [5.41, 5.74) is 0.870. The minimum Gasteiger partial charge on any atom is -0.465 e. The molecule has 0 spiro atoms. The summed E-state index contributed by atoms with van der Waals surface area (Å²) in [4.78, 5) is 10.5. The highest BCUT2D eigenvalue weighted by Crippen LogP contribution is 2.55. The molecule has 1 fully saturated rings. The fourth-order valence-electron chi connectivity index (χ4n) is 2.06. The van der Waals surface area contributed by atoms with Gasteiger partial charge in [0.1, 0.15) is 6.61 Å². The second-order valence-electron chi connectivity index (χ2n) is 5.24. The number of ether oxygens (including phenoxy) is 1. The van der Waals surface area contributed by atoms with Crippen LogP contribution in [0.2, 0.25) is 0 Å². The number of alkyl halides is 2. The predicted octanol–water partition coefficient (Wildman–Crippen LogP) is 2.14. The molecule has 1 aromatic rings. The third kappa shape index (κ3) is 3.61. The van der Waals surface area contributed by atoms with Gasteiger partial charge in [0.05, 0.1) is 23.3 Å². The summed E-state index contributed by atoms with van der Waals surface area (Å²) in [6, 6.07) is 5.88. The van der Waals surface area contributed by atoms with Gasteiger partial charge in [0.15, 0.2) is 0 Å². The molecule has 0 saturated heterocycles. The molecule has 1 saturated carbocycles. The second-order valence-corrected chi connectivity index (χ2v) is 6.86. The van der Waals surface area contributed by atoms with Crippen LogP contribution in [0, 0.1) is 18.8 Å². The standard InChI is InChI=1S/C14H16F2O5S/c1-9-3-5-11(6-4-9)22(18,19)21-8-13-12(14(13,15)16)7-20-10(2)17/h3-6,12-13H,7-8H2,1-2H3/t12-,13+/m1/s1. The van der Waals surface area contributed by atoms with Crippen LogP contribution in [0.15, 0.2) is 29.2 Å². The highest BCUT2D eigenvalue weighted by atomic mass is 32.2. The molecule has 0 radical (unpaired) electrons. The number of carbonyl (C=O) groups is 1. The lowest BCUT2D eigenvalue weighted by Crippen LogP contribution is -2.11. The third-order valence-electron chi connectivity index (χ3n) is 3.54. The van der Waals surface area contributed by atoms with Crippen molar-refractivity contribution in [3.63, 3.8) is 0 Å². The topological polar surface area (TPSA) is 69.7 Å². The van der Waals surface area contributed by atoms with E-state index in [0.29, 0.717) is 0 Å². The van der Waals surface area contributed by atoms with E-state index in [-0.39, 0.29) is 4.90 Å². The number of hydrogen-bond donors (Lipinski definition) is 0. The zero-order chi connectivity index (χ0) is 16.5. The number of hydrogen-bond acceptors (Lipinski definition) is 5. The summed E-state index contributed by atoms with van der Waals surface area (Å²) in [6.07, 6.45) is 0.